The Morgan fingerprint density at radius 1 is 0.781 bits per heavy atom. The van der Waals surface area contributed by atoms with Crippen LogP contribution >= 0.6 is 0 Å². The second kappa shape index (κ2) is 5.58. The minimum Gasteiger partial charge on any atom is -0.338 e. The fourth-order valence-corrected chi connectivity index (χ4v) is 10.1. The Morgan fingerprint density at radius 2 is 1.22 bits per heavy atom. The van der Waals surface area contributed by atoms with Crippen LogP contribution in [0.1, 0.15) is 38.5 Å². The monoisotopic (exact) mass is 432 g/mol. The summed E-state index contributed by atoms with van der Waals surface area (Å²) in [5, 5.41) is 0. The molecule has 2 radical (unpaired) electrons. The molecular weight excluding hydrogens is 406 g/mol. The number of hydrogen-bond acceptors (Lipinski definition) is 5. The van der Waals surface area contributed by atoms with E-state index < -0.39 is 23.5 Å². The summed E-state index contributed by atoms with van der Waals surface area (Å²) >= 11 is 0. The van der Waals surface area contributed by atoms with Gasteiger partial charge in [0.25, 0.3) is 0 Å². The molecule has 4 amide bonds. The number of hydrogen-bond donors (Lipinski definition) is 0. The van der Waals surface area contributed by atoms with Crippen molar-refractivity contribution < 1.29 is 24.0 Å². The van der Waals surface area contributed by atoms with E-state index in [1.54, 1.807) is 13.9 Å². The first-order valence-electron chi connectivity index (χ1n) is 12.1. The van der Waals surface area contributed by atoms with E-state index in [0.717, 1.165) is 25.7 Å². The highest BCUT2D eigenvalue weighted by Crippen LogP contribution is 2.75. The number of imide groups is 2. The van der Waals surface area contributed by atoms with Crippen LogP contribution in [0.15, 0.2) is 0 Å². The van der Waals surface area contributed by atoms with Crippen molar-refractivity contribution in [1.82, 2.24) is 9.71 Å². The number of rotatable bonds is 1. The van der Waals surface area contributed by atoms with Crippen LogP contribution in [-0.4, -0.2) is 60.6 Å². The Labute approximate surface area is 188 Å². The Kier molecular flexibility index (Phi) is 3.41. The molecule has 7 rings (SSSR count). The van der Waals surface area contributed by atoms with Gasteiger partial charge in [0.2, 0.25) is 30.4 Å². The van der Waals surface area contributed by atoms with Crippen LogP contribution in [0.2, 0.25) is 6.82 Å². The summed E-state index contributed by atoms with van der Waals surface area (Å²) in [5.74, 6) is -1.59. The van der Waals surface area contributed by atoms with Crippen LogP contribution in [0.5, 0.6) is 0 Å². The Hall–Kier alpha value is -1.92. The summed E-state index contributed by atoms with van der Waals surface area (Å²) in [6.45, 7) is 1.01. The number of likely N-dealkylation sites (tertiary alicyclic amines) is 1. The maximum absolute atomic E-state index is 14.3. The predicted octanol–water partition coefficient (Wildman–Crippen LogP) is 0.520. The topological polar surface area (TPSA) is 91.8 Å². The zero-order valence-corrected chi connectivity index (χ0v) is 18.5. The number of fused-ring (bicyclic) bond motifs is 12. The number of ketones is 1. The number of carbonyl (C=O) groups excluding carboxylic acids is 5. The van der Waals surface area contributed by atoms with Gasteiger partial charge < -0.3 is 4.81 Å². The molecule has 7 nitrogen and oxygen atoms in total. The van der Waals surface area contributed by atoms with Crippen molar-refractivity contribution in [3.05, 3.63) is 0 Å². The molecule has 164 valence electrons. The largest absolute Gasteiger partial charge is 0.338 e. The number of nitrogens with zero attached hydrogens (tertiary/aromatic N) is 2. The predicted molar refractivity (Wildman–Crippen MR) is 112 cm³/mol. The molecule has 7 aliphatic rings. The molecule has 5 saturated carbocycles. The van der Waals surface area contributed by atoms with E-state index in [9.17, 15) is 24.0 Å². The molecule has 4 bridgehead atoms. The molecule has 32 heavy (non-hydrogen) atoms. The lowest BCUT2D eigenvalue weighted by Crippen LogP contribution is -2.49. The van der Waals surface area contributed by atoms with E-state index in [4.69, 9.17) is 7.74 Å². The summed E-state index contributed by atoms with van der Waals surface area (Å²) in [4.78, 5) is 68.5. The molecule has 2 aliphatic heterocycles. The van der Waals surface area contributed by atoms with Crippen LogP contribution < -0.4 is 0 Å². The van der Waals surface area contributed by atoms with E-state index in [1.807, 2.05) is 0 Å². The Bertz CT molecular complexity index is 1050. The van der Waals surface area contributed by atoms with Crippen LogP contribution in [0.25, 0.3) is 0 Å². The number of amides is 4. The highest BCUT2D eigenvalue weighted by atomic mass is 16.2. The quantitative estimate of drug-likeness (QED) is 0.445. The minimum atomic E-state index is -0.646. The van der Waals surface area contributed by atoms with Gasteiger partial charge >= 0.3 is 0 Å². The van der Waals surface area contributed by atoms with E-state index in [0.29, 0.717) is 12.8 Å². The Balaban J connectivity index is 1.24. The van der Waals surface area contributed by atoms with Crippen molar-refractivity contribution in [2.24, 2.45) is 58.2 Å². The van der Waals surface area contributed by atoms with Gasteiger partial charge in [-0.2, -0.15) is 0 Å². The third-order valence-corrected chi connectivity index (χ3v) is 11.0. The average molecular weight is 432 g/mol. The minimum absolute atomic E-state index is 0.0535. The Morgan fingerprint density at radius 3 is 1.75 bits per heavy atom. The molecule has 0 aromatic heterocycles. The fraction of sp³-hybridized carbons (Fsp3) is 0.783. The van der Waals surface area contributed by atoms with Gasteiger partial charge in [-0.25, -0.2) is 0 Å². The molecule has 0 aromatic carbocycles. The lowest BCUT2D eigenvalue weighted by molar-refractivity contribution is -0.145. The first-order chi connectivity index (χ1) is 15.1. The van der Waals surface area contributed by atoms with Crippen LogP contribution in [0.3, 0.4) is 0 Å². The highest BCUT2D eigenvalue weighted by Gasteiger charge is 2.78. The number of Topliss-reactive ketones (excluding diaryl/α,β-unsaturated/α-hetero) is 1. The second-order valence-electron chi connectivity index (χ2n) is 11.9. The normalized spacial score (nSPS) is 52.5. The lowest BCUT2D eigenvalue weighted by atomic mass is 9.43. The summed E-state index contributed by atoms with van der Waals surface area (Å²) < 4.78 is 0. The van der Waals surface area contributed by atoms with Crippen molar-refractivity contribution in [1.29, 1.82) is 0 Å². The molecule has 0 N–H and O–H groups in total. The summed E-state index contributed by atoms with van der Waals surface area (Å²) in [5.41, 5.74) is -1.08. The van der Waals surface area contributed by atoms with Gasteiger partial charge in [0, 0.05) is 17.9 Å². The molecule has 3 unspecified atom stereocenters. The van der Waals surface area contributed by atoms with Gasteiger partial charge in [-0.1, -0.05) is 6.82 Å². The zero-order chi connectivity index (χ0) is 22.5. The molecule has 7 fully saturated rings. The van der Waals surface area contributed by atoms with Gasteiger partial charge in [-0.15, -0.1) is 0 Å². The second-order valence-corrected chi connectivity index (χ2v) is 11.9. The summed E-state index contributed by atoms with van der Waals surface area (Å²) in [6, 6.07) is 0. The molecule has 2 saturated heterocycles. The molecule has 9 heteroatoms. The fourth-order valence-electron chi connectivity index (χ4n) is 10.1. The molecule has 2 spiro atoms. The van der Waals surface area contributed by atoms with E-state index in [-0.39, 0.29) is 70.8 Å². The SMILES string of the molecule is [B]B(C)N1C(=O)C2[C@@H](C1=O)[C@H]1C[C@@H]2[C@]2(CC[C@]3(CC4C[C@@H]3[C@@H]3C(=O)N(C)C(=O)C43)C2=O)C1. The molecular formula is C23H26B2N2O5. The molecule has 2 heterocycles. The van der Waals surface area contributed by atoms with Crippen molar-refractivity contribution in [3.63, 3.8) is 0 Å². The molecule has 0 aromatic rings. The summed E-state index contributed by atoms with van der Waals surface area (Å²) in [6.07, 6.45) is 4.44. The van der Waals surface area contributed by atoms with Gasteiger partial charge in [0.05, 0.1) is 31.4 Å². The number of carbonyl (C=O) groups is 5. The van der Waals surface area contributed by atoms with E-state index in [1.165, 1.54) is 9.71 Å². The maximum Gasteiger partial charge on any atom is 0.233 e. The van der Waals surface area contributed by atoms with E-state index in [2.05, 4.69) is 0 Å². The van der Waals surface area contributed by atoms with Crippen molar-refractivity contribution in [3.8, 4) is 0 Å². The highest BCUT2D eigenvalue weighted by molar-refractivity contribution is 7.03. The smallest absolute Gasteiger partial charge is 0.233 e. The van der Waals surface area contributed by atoms with Crippen LogP contribution in [0, 0.1) is 58.2 Å². The van der Waals surface area contributed by atoms with E-state index >= 15 is 0 Å². The van der Waals surface area contributed by atoms with Crippen LogP contribution in [0.4, 0.5) is 0 Å². The zero-order valence-electron chi connectivity index (χ0n) is 18.5. The van der Waals surface area contributed by atoms with Gasteiger partial charge in [0.15, 0.2) is 0 Å². The van der Waals surface area contributed by atoms with Crippen molar-refractivity contribution >= 4 is 43.9 Å². The molecule has 10 atom stereocenters. The first-order valence-corrected chi connectivity index (χ1v) is 12.1. The first kappa shape index (κ1) is 19.5. The summed E-state index contributed by atoms with van der Waals surface area (Å²) in [7, 11) is 7.51. The maximum atomic E-state index is 14.3. The lowest BCUT2D eigenvalue weighted by Gasteiger charge is -2.42. The third kappa shape index (κ3) is 1.80. The van der Waals surface area contributed by atoms with Gasteiger partial charge in [-0.05, 0) is 62.2 Å². The van der Waals surface area contributed by atoms with Crippen LogP contribution in [-0.2, 0) is 24.0 Å². The van der Waals surface area contributed by atoms with Gasteiger partial charge in [-0.3, -0.25) is 28.9 Å². The third-order valence-electron chi connectivity index (χ3n) is 11.0. The van der Waals surface area contributed by atoms with Crippen molar-refractivity contribution in [2.75, 3.05) is 7.05 Å². The average Bonchev–Trinajstić information content (AvgIpc) is 3.57. The van der Waals surface area contributed by atoms with Crippen molar-refractivity contribution in [2.45, 2.75) is 45.3 Å². The standard InChI is InChI=1S/C23H26B2N2O5/c1-25(24)27-19(30)14-10-6-12(16(14)20(27)31)23(8-10)4-3-22(21(23)32)7-9-5-11(22)15-13(9)17(28)26(2)18(15)29/h9-16H,3-8H2,1-2H3/t9?,10-,11+,12-,13?,14-,15-,16?,22+,23-/m0/s1. The molecule has 5 aliphatic carbocycles. The van der Waals surface area contributed by atoms with Gasteiger partial charge in [0.1, 0.15) is 5.78 Å².